The maximum atomic E-state index is 12.8. The average molecular weight is 417 g/mol. The van der Waals surface area contributed by atoms with Crippen LogP contribution < -0.4 is 10.3 Å². The molecular formula is C20H24N4O4S. The second-order valence-electron chi connectivity index (χ2n) is 6.76. The van der Waals surface area contributed by atoms with Crippen LogP contribution in [-0.2, 0) is 18.9 Å². The summed E-state index contributed by atoms with van der Waals surface area (Å²) in [6, 6.07) is 7.08. The molecule has 0 saturated carbocycles. The number of carbonyl (C=O) groups excluding carboxylic acids is 1. The van der Waals surface area contributed by atoms with Crippen LogP contribution in [0.5, 0.6) is 11.6 Å². The molecule has 0 aliphatic carbocycles. The van der Waals surface area contributed by atoms with Gasteiger partial charge >= 0.3 is 0 Å². The fourth-order valence-electron chi connectivity index (χ4n) is 3.35. The zero-order chi connectivity index (χ0) is 21.3. The highest BCUT2D eigenvalue weighted by Crippen LogP contribution is 2.34. The first-order valence-corrected chi connectivity index (χ1v) is 9.82. The summed E-state index contributed by atoms with van der Waals surface area (Å²) < 4.78 is 8.31. The summed E-state index contributed by atoms with van der Waals surface area (Å²) in [6.45, 7) is 4.23. The van der Waals surface area contributed by atoms with Gasteiger partial charge in [0.15, 0.2) is 4.77 Å². The van der Waals surface area contributed by atoms with Crippen molar-refractivity contribution in [3.63, 3.8) is 0 Å². The zero-order valence-electron chi connectivity index (χ0n) is 16.9. The Kier molecular flexibility index (Phi) is 5.88. The molecule has 1 aromatic carbocycles. The van der Waals surface area contributed by atoms with E-state index >= 15 is 0 Å². The molecule has 29 heavy (non-hydrogen) atoms. The van der Waals surface area contributed by atoms with Gasteiger partial charge in [0.05, 0.1) is 18.4 Å². The number of carbonyl (C=O) groups is 1. The quantitative estimate of drug-likeness (QED) is 0.757. The van der Waals surface area contributed by atoms with Crippen LogP contribution in [0.3, 0.4) is 0 Å². The molecular weight excluding hydrogens is 392 g/mol. The second-order valence-corrected chi connectivity index (χ2v) is 7.13. The lowest BCUT2D eigenvalue weighted by atomic mass is 9.99. The Morgan fingerprint density at radius 3 is 2.48 bits per heavy atom. The molecule has 1 amide bonds. The summed E-state index contributed by atoms with van der Waals surface area (Å²) in [6.07, 6.45) is 0.576. The summed E-state index contributed by atoms with van der Waals surface area (Å²) in [4.78, 5) is 25.3. The molecule has 0 fully saturated rings. The monoisotopic (exact) mass is 416 g/mol. The largest absolute Gasteiger partial charge is 0.494 e. The number of aromatic hydroxyl groups is 1. The first-order valence-electron chi connectivity index (χ1n) is 9.41. The number of benzene rings is 1. The van der Waals surface area contributed by atoms with Crippen molar-refractivity contribution < 1.29 is 14.6 Å². The predicted molar refractivity (Wildman–Crippen MR) is 112 cm³/mol. The number of hydrazone groups is 1. The van der Waals surface area contributed by atoms with Gasteiger partial charge in [-0.05, 0) is 36.8 Å². The molecule has 0 saturated heterocycles. The Hall–Kier alpha value is -2.94. The minimum atomic E-state index is -0.444. The molecule has 9 heteroatoms. The first kappa shape index (κ1) is 20.8. The molecule has 0 spiro atoms. The lowest BCUT2D eigenvalue weighted by Crippen LogP contribution is -2.28. The molecule has 1 atom stereocenters. The van der Waals surface area contributed by atoms with Crippen molar-refractivity contribution in [2.45, 2.75) is 32.7 Å². The summed E-state index contributed by atoms with van der Waals surface area (Å²) >= 11 is 5.17. The van der Waals surface area contributed by atoms with E-state index in [1.54, 1.807) is 21.0 Å². The molecule has 3 rings (SSSR count). The zero-order valence-corrected chi connectivity index (χ0v) is 17.7. The van der Waals surface area contributed by atoms with Gasteiger partial charge in [0, 0.05) is 26.9 Å². The molecule has 1 aromatic heterocycles. The summed E-state index contributed by atoms with van der Waals surface area (Å²) in [7, 11) is 3.12. The molecule has 2 heterocycles. The average Bonchev–Trinajstić information content (AvgIpc) is 3.16. The van der Waals surface area contributed by atoms with Gasteiger partial charge in [0.25, 0.3) is 5.56 Å². The Bertz CT molecular complexity index is 1090. The SMILES string of the molecule is CCOc1ccc(C2CC(c3c(O)n(C)c(=S)n(C)c3=O)=NN2C(=O)CC)cc1. The van der Waals surface area contributed by atoms with Gasteiger partial charge in [0.1, 0.15) is 11.3 Å². The first-order chi connectivity index (χ1) is 13.8. The molecule has 1 aliphatic rings. The third-order valence-corrected chi connectivity index (χ3v) is 5.51. The van der Waals surface area contributed by atoms with Crippen molar-refractivity contribution in [3.05, 3.63) is 50.5 Å². The van der Waals surface area contributed by atoms with Crippen molar-refractivity contribution in [1.29, 1.82) is 0 Å². The number of amides is 1. The highest BCUT2D eigenvalue weighted by molar-refractivity contribution is 7.71. The van der Waals surface area contributed by atoms with Crippen LogP contribution in [0.15, 0.2) is 34.2 Å². The van der Waals surface area contributed by atoms with Crippen molar-refractivity contribution in [2.75, 3.05) is 6.61 Å². The van der Waals surface area contributed by atoms with Crippen LogP contribution in [0.1, 0.15) is 43.9 Å². The van der Waals surface area contributed by atoms with E-state index in [1.165, 1.54) is 14.1 Å². The molecule has 1 unspecified atom stereocenters. The highest BCUT2D eigenvalue weighted by Gasteiger charge is 2.35. The summed E-state index contributed by atoms with van der Waals surface area (Å²) in [5.41, 5.74) is 0.843. The third kappa shape index (κ3) is 3.69. The molecule has 2 aromatic rings. The van der Waals surface area contributed by atoms with Gasteiger partial charge in [-0.2, -0.15) is 5.10 Å². The topological polar surface area (TPSA) is 89.1 Å². The van der Waals surface area contributed by atoms with Crippen molar-refractivity contribution >= 4 is 23.8 Å². The van der Waals surface area contributed by atoms with Crippen LogP contribution in [0.2, 0.25) is 0 Å². The molecule has 0 bridgehead atoms. The van der Waals surface area contributed by atoms with Crippen LogP contribution >= 0.6 is 12.2 Å². The smallest absolute Gasteiger partial charge is 0.267 e. The lowest BCUT2D eigenvalue weighted by molar-refractivity contribution is -0.132. The standard InChI is InChI=1S/C20H24N4O4S/c1-5-16(25)24-15(12-7-9-13(10-8-12)28-6-2)11-14(21-24)17-18(26)22(3)20(29)23(4)19(17)27/h7-10,15,26H,5-6,11H2,1-4H3. The van der Waals surface area contributed by atoms with Crippen LogP contribution in [-0.4, -0.2) is 37.5 Å². The second kappa shape index (κ2) is 8.20. The number of ether oxygens (including phenoxy) is 1. The third-order valence-electron chi connectivity index (χ3n) is 4.97. The Labute approximate surface area is 173 Å². The van der Waals surface area contributed by atoms with Crippen molar-refractivity contribution in [2.24, 2.45) is 19.2 Å². The van der Waals surface area contributed by atoms with Gasteiger partial charge in [-0.3, -0.25) is 18.7 Å². The summed E-state index contributed by atoms with van der Waals surface area (Å²) in [5, 5.41) is 16.4. The van der Waals surface area contributed by atoms with E-state index in [9.17, 15) is 14.7 Å². The van der Waals surface area contributed by atoms with Crippen molar-refractivity contribution in [3.8, 4) is 11.6 Å². The van der Waals surface area contributed by atoms with Gasteiger partial charge in [-0.25, -0.2) is 5.01 Å². The van der Waals surface area contributed by atoms with Crippen molar-refractivity contribution in [1.82, 2.24) is 14.1 Å². The van der Waals surface area contributed by atoms with Crippen LogP contribution in [0.25, 0.3) is 0 Å². The van der Waals surface area contributed by atoms with Gasteiger partial charge < -0.3 is 9.84 Å². The van der Waals surface area contributed by atoms with E-state index < -0.39 is 5.56 Å². The Morgan fingerprint density at radius 1 is 1.24 bits per heavy atom. The summed E-state index contributed by atoms with van der Waals surface area (Å²) in [5.74, 6) is 0.316. The molecule has 1 aliphatic heterocycles. The van der Waals surface area contributed by atoms with E-state index in [0.717, 1.165) is 11.3 Å². The van der Waals surface area contributed by atoms with Crippen LogP contribution in [0, 0.1) is 4.77 Å². The Balaban J connectivity index is 2.06. The fraction of sp³-hybridized carbons (Fsp3) is 0.400. The van der Waals surface area contributed by atoms with Crippen LogP contribution in [0.4, 0.5) is 0 Å². The number of rotatable bonds is 5. The maximum absolute atomic E-state index is 12.8. The number of aromatic nitrogens is 2. The normalized spacial score (nSPS) is 16.1. The minimum Gasteiger partial charge on any atom is -0.494 e. The number of hydrogen-bond donors (Lipinski definition) is 1. The Morgan fingerprint density at radius 2 is 1.90 bits per heavy atom. The van der Waals surface area contributed by atoms with E-state index in [1.807, 2.05) is 31.2 Å². The molecule has 1 N–H and O–H groups in total. The molecule has 0 radical (unpaired) electrons. The molecule has 8 nitrogen and oxygen atoms in total. The number of hydrogen-bond acceptors (Lipinski definition) is 6. The maximum Gasteiger partial charge on any atom is 0.267 e. The van der Waals surface area contributed by atoms with Gasteiger partial charge in [-0.15, -0.1) is 0 Å². The predicted octanol–water partition coefficient (Wildman–Crippen LogP) is 2.65. The van der Waals surface area contributed by atoms with E-state index in [0.29, 0.717) is 18.7 Å². The minimum absolute atomic E-state index is 0.0611. The highest BCUT2D eigenvalue weighted by atomic mass is 32.1. The number of nitrogens with zero attached hydrogens (tertiary/aromatic N) is 4. The van der Waals surface area contributed by atoms with E-state index in [2.05, 4.69) is 5.10 Å². The van der Waals surface area contributed by atoms with E-state index in [4.69, 9.17) is 17.0 Å². The van der Waals surface area contributed by atoms with Gasteiger partial charge in [-0.1, -0.05) is 19.1 Å². The lowest BCUT2D eigenvalue weighted by Gasteiger charge is -2.21. The van der Waals surface area contributed by atoms with Gasteiger partial charge in [0.2, 0.25) is 11.8 Å². The molecule has 154 valence electrons. The van der Waals surface area contributed by atoms with E-state index in [-0.39, 0.29) is 34.6 Å². The fourth-order valence-corrected chi connectivity index (χ4v) is 3.52.